The van der Waals surface area contributed by atoms with Crippen LogP contribution in [0.5, 0.6) is 0 Å². The van der Waals surface area contributed by atoms with E-state index in [0.717, 1.165) is 4.90 Å². The third kappa shape index (κ3) is 5.21. The second-order valence-electron chi connectivity index (χ2n) is 8.19. The fourth-order valence-corrected chi connectivity index (χ4v) is 4.27. The zero-order valence-corrected chi connectivity index (χ0v) is 19.9. The molecule has 0 aliphatic carbocycles. The minimum atomic E-state index is -1.46. The summed E-state index contributed by atoms with van der Waals surface area (Å²) in [5.74, 6) is -0.953. The molecule has 1 amide bonds. The highest BCUT2D eigenvalue weighted by atomic mass is 32.1. The largest absolute Gasteiger partial charge is 0.480 e. The Morgan fingerprint density at radius 2 is 1.94 bits per heavy atom. The lowest BCUT2D eigenvalue weighted by atomic mass is 10.1. The quantitative estimate of drug-likeness (QED) is 0.247. The first-order valence-electron chi connectivity index (χ1n) is 11.1. The van der Waals surface area contributed by atoms with Crippen LogP contribution in [-0.4, -0.2) is 88.5 Å². The molecule has 3 aromatic rings. The van der Waals surface area contributed by atoms with Gasteiger partial charge in [-0.05, 0) is 17.7 Å². The number of aliphatic carboxylic acids is 1. The van der Waals surface area contributed by atoms with E-state index in [4.69, 9.17) is 15.2 Å². The lowest BCUT2D eigenvalue weighted by Crippen LogP contribution is -2.51. The predicted molar refractivity (Wildman–Crippen MR) is 129 cm³/mol. The fraction of sp³-hybridized carbons (Fsp3) is 0.409. The van der Waals surface area contributed by atoms with E-state index in [-0.39, 0.29) is 42.3 Å². The number of carboxylic acid groups (broad SMARTS) is 1. The number of rotatable bonds is 9. The molecule has 0 radical (unpaired) electrons. The van der Waals surface area contributed by atoms with Crippen LogP contribution in [0.1, 0.15) is 18.2 Å². The summed E-state index contributed by atoms with van der Waals surface area (Å²) in [6.45, 7) is -0.443. The summed E-state index contributed by atoms with van der Waals surface area (Å²) >= 11 is 4.11. The second-order valence-corrected chi connectivity index (χ2v) is 8.64. The summed E-state index contributed by atoms with van der Waals surface area (Å²) < 4.78 is 12.6. The summed E-state index contributed by atoms with van der Waals surface area (Å²) in [6.07, 6.45) is -3.48. The van der Waals surface area contributed by atoms with Gasteiger partial charge in [0.05, 0.1) is 12.9 Å². The zero-order chi connectivity index (χ0) is 25.8. The van der Waals surface area contributed by atoms with Crippen LogP contribution in [0.2, 0.25) is 0 Å². The van der Waals surface area contributed by atoms with Gasteiger partial charge in [0, 0.05) is 0 Å². The number of anilines is 1. The van der Waals surface area contributed by atoms with E-state index < -0.39 is 42.6 Å². The number of fused-ring (bicyclic) bond motifs is 1. The minimum Gasteiger partial charge on any atom is -0.480 e. The van der Waals surface area contributed by atoms with Crippen LogP contribution in [0, 0.1) is 0 Å². The summed E-state index contributed by atoms with van der Waals surface area (Å²) in [5.41, 5.74) is 7.10. The number of aliphatic hydroxyl groups is 2. The third-order valence-corrected chi connectivity index (χ3v) is 6.14. The number of hydrogen-bond donors (Lipinski definition) is 5. The van der Waals surface area contributed by atoms with E-state index in [1.54, 1.807) is 24.3 Å². The number of nitrogen functional groups attached to an aromatic ring is 1. The Morgan fingerprint density at radius 1 is 1.19 bits per heavy atom. The van der Waals surface area contributed by atoms with Crippen molar-refractivity contribution in [1.82, 2.24) is 24.4 Å². The lowest BCUT2D eigenvalue weighted by molar-refractivity contribution is -0.144. The van der Waals surface area contributed by atoms with E-state index >= 15 is 0 Å². The van der Waals surface area contributed by atoms with Crippen molar-refractivity contribution in [3.8, 4) is 0 Å². The number of aliphatic hydroxyl groups excluding tert-OH is 2. The van der Waals surface area contributed by atoms with Gasteiger partial charge in [0.2, 0.25) is 0 Å². The van der Waals surface area contributed by atoms with Crippen LogP contribution in [0.15, 0.2) is 43.0 Å². The standard InChI is InChI=1S/C22H26N6O7S/c23-18-15-19(25-10-24-18)28(11-26-15)20-17(30)16(29)14(35-20)8-27(13(6-7-36)21(31)32)22(33)34-9-12-4-2-1-3-5-12/h1-5,10-11,13-14,16-17,20,29-30,36H,6-9H2,(H,31,32)(H2,23,24,25)/t13-,14+,16+,17+,20+/m0/s1. The molecule has 0 unspecified atom stereocenters. The molecule has 14 heteroatoms. The number of benzene rings is 1. The maximum atomic E-state index is 13.0. The van der Waals surface area contributed by atoms with Crippen LogP contribution in [0.3, 0.4) is 0 Å². The number of carboxylic acids is 1. The van der Waals surface area contributed by atoms with Crippen molar-refractivity contribution < 1.29 is 34.4 Å². The van der Waals surface area contributed by atoms with Gasteiger partial charge in [-0.1, -0.05) is 30.3 Å². The molecule has 0 bridgehead atoms. The van der Waals surface area contributed by atoms with E-state index in [9.17, 15) is 24.9 Å². The number of nitrogens with two attached hydrogens (primary N) is 1. The third-order valence-electron chi connectivity index (χ3n) is 5.88. The van der Waals surface area contributed by atoms with E-state index in [0.29, 0.717) is 5.56 Å². The van der Waals surface area contributed by atoms with Crippen molar-refractivity contribution in [3.63, 3.8) is 0 Å². The minimum absolute atomic E-state index is 0.0238. The molecule has 0 spiro atoms. The Labute approximate surface area is 210 Å². The molecule has 13 nitrogen and oxygen atoms in total. The molecule has 3 heterocycles. The van der Waals surface area contributed by atoms with Gasteiger partial charge in [-0.3, -0.25) is 9.47 Å². The van der Waals surface area contributed by atoms with Gasteiger partial charge in [-0.2, -0.15) is 12.6 Å². The lowest BCUT2D eigenvalue weighted by Gasteiger charge is -2.30. The van der Waals surface area contributed by atoms with Crippen molar-refractivity contribution in [2.75, 3.05) is 18.0 Å². The molecule has 5 N–H and O–H groups in total. The Hall–Kier alpha value is -3.46. The van der Waals surface area contributed by atoms with Gasteiger partial charge in [-0.15, -0.1) is 0 Å². The highest BCUT2D eigenvalue weighted by Gasteiger charge is 2.46. The van der Waals surface area contributed by atoms with Crippen LogP contribution < -0.4 is 5.73 Å². The average molecular weight is 519 g/mol. The van der Waals surface area contributed by atoms with Crippen molar-refractivity contribution in [3.05, 3.63) is 48.5 Å². The predicted octanol–water partition coefficient (Wildman–Crippen LogP) is 0.440. The number of carbonyl (C=O) groups excluding carboxylic acids is 1. The molecular formula is C22H26N6O7S. The number of amides is 1. The first kappa shape index (κ1) is 25.6. The summed E-state index contributed by atoms with van der Waals surface area (Å²) in [4.78, 5) is 38.1. The maximum absolute atomic E-state index is 13.0. The highest BCUT2D eigenvalue weighted by Crippen LogP contribution is 2.33. The monoisotopic (exact) mass is 518 g/mol. The van der Waals surface area contributed by atoms with Gasteiger partial charge in [0.25, 0.3) is 0 Å². The molecule has 5 atom stereocenters. The van der Waals surface area contributed by atoms with Crippen LogP contribution >= 0.6 is 12.6 Å². The van der Waals surface area contributed by atoms with Gasteiger partial charge >= 0.3 is 12.1 Å². The van der Waals surface area contributed by atoms with Crippen molar-refractivity contribution in [1.29, 1.82) is 0 Å². The van der Waals surface area contributed by atoms with Gasteiger partial charge in [0.1, 0.15) is 42.8 Å². The number of hydrogen-bond acceptors (Lipinski definition) is 11. The SMILES string of the molecule is Nc1ncnc2c1ncn2[C@@H]1O[C@H](CN(C(=O)OCc2ccccc2)[C@@H](CCS)C(=O)O)[C@@H](O)[C@H]1O. The van der Waals surface area contributed by atoms with Gasteiger partial charge in [-0.25, -0.2) is 24.5 Å². The molecule has 1 aromatic carbocycles. The van der Waals surface area contributed by atoms with E-state index in [1.165, 1.54) is 17.2 Å². The Balaban J connectivity index is 1.55. The molecule has 1 fully saturated rings. The highest BCUT2D eigenvalue weighted by molar-refractivity contribution is 7.80. The summed E-state index contributed by atoms with van der Waals surface area (Å²) in [5, 5.41) is 31.2. The summed E-state index contributed by atoms with van der Waals surface area (Å²) in [7, 11) is 0. The second kappa shape index (κ2) is 11.1. The van der Waals surface area contributed by atoms with Crippen LogP contribution in [0.25, 0.3) is 11.2 Å². The normalized spacial score (nSPS) is 22.4. The number of ether oxygens (including phenoxy) is 2. The molecule has 4 rings (SSSR count). The topological polar surface area (TPSA) is 186 Å². The van der Waals surface area contributed by atoms with Crippen molar-refractivity contribution >= 4 is 41.7 Å². The first-order chi connectivity index (χ1) is 17.3. The Bertz CT molecular complexity index is 1210. The fourth-order valence-electron chi connectivity index (χ4n) is 4.03. The number of imidazole rings is 1. The van der Waals surface area contributed by atoms with Gasteiger partial charge < -0.3 is 30.5 Å². The number of carbonyl (C=O) groups is 2. The van der Waals surface area contributed by atoms with Gasteiger partial charge in [0.15, 0.2) is 17.7 Å². The maximum Gasteiger partial charge on any atom is 0.410 e. The Kier molecular flexibility index (Phi) is 7.88. The molecule has 1 aliphatic rings. The van der Waals surface area contributed by atoms with Crippen molar-refractivity contribution in [2.24, 2.45) is 0 Å². The molecule has 192 valence electrons. The number of thiol groups is 1. The molecule has 1 aliphatic heterocycles. The molecular weight excluding hydrogens is 492 g/mol. The molecule has 1 saturated heterocycles. The zero-order valence-electron chi connectivity index (χ0n) is 19.0. The molecule has 36 heavy (non-hydrogen) atoms. The van der Waals surface area contributed by atoms with Crippen molar-refractivity contribution in [2.45, 2.75) is 43.6 Å². The van der Waals surface area contributed by atoms with Crippen LogP contribution in [0.4, 0.5) is 10.6 Å². The number of nitrogens with zero attached hydrogens (tertiary/aromatic N) is 5. The van der Waals surface area contributed by atoms with E-state index in [1.807, 2.05) is 6.07 Å². The van der Waals surface area contributed by atoms with Crippen LogP contribution in [-0.2, 0) is 20.9 Å². The molecule has 2 aromatic heterocycles. The smallest absolute Gasteiger partial charge is 0.410 e. The number of aromatic nitrogens is 4. The van der Waals surface area contributed by atoms with E-state index in [2.05, 4.69) is 27.6 Å². The average Bonchev–Trinajstić information content (AvgIpc) is 3.42. The first-order valence-corrected chi connectivity index (χ1v) is 11.7. The Morgan fingerprint density at radius 3 is 2.64 bits per heavy atom. The summed E-state index contributed by atoms with van der Waals surface area (Å²) in [6, 6.07) is 7.61. The molecule has 0 saturated carbocycles.